The number of anilines is 1. The van der Waals surface area contributed by atoms with Crippen LogP contribution in [0.15, 0.2) is 30.3 Å². The van der Waals surface area contributed by atoms with E-state index in [1.54, 1.807) is 0 Å². The van der Waals surface area contributed by atoms with E-state index in [1.165, 1.54) is 18.5 Å². The van der Waals surface area contributed by atoms with E-state index in [0.717, 1.165) is 38.8 Å². The van der Waals surface area contributed by atoms with Crippen LogP contribution in [-0.4, -0.2) is 25.0 Å². The quantitative estimate of drug-likeness (QED) is 0.787. The fraction of sp³-hybridized carbons (Fsp3) is 0.632. The van der Waals surface area contributed by atoms with Crippen molar-refractivity contribution in [1.29, 1.82) is 0 Å². The van der Waals surface area contributed by atoms with Crippen LogP contribution in [0.1, 0.15) is 52.4 Å². The summed E-state index contributed by atoms with van der Waals surface area (Å²) < 4.78 is 0. The van der Waals surface area contributed by atoms with Crippen LogP contribution in [0, 0.1) is 5.92 Å². The molecule has 0 saturated carbocycles. The zero-order valence-electron chi connectivity index (χ0n) is 14.1. The summed E-state index contributed by atoms with van der Waals surface area (Å²) in [5.74, 6) is 0.449. The van der Waals surface area contributed by atoms with Crippen LogP contribution >= 0.6 is 0 Å². The maximum absolute atomic E-state index is 12.4. The third-order valence-corrected chi connectivity index (χ3v) is 4.62. The first-order valence-electron chi connectivity index (χ1n) is 8.85. The van der Waals surface area contributed by atoms with Crippen molar-refractivity contribution in [2.45, 2.75) is 58.4 Å². The highest BCUT2D eigenvalue weighted by molar-refractivity contribution is 5.78. The Morgan fingerprint density at radius 3 is 2.55 bits per heavy atom. The van der Waals surface area contributed by atoms with Crippen LogP contribution in [0.25, 0.3) is 0 Å². The van der Waals surface area contributed by atoms with Gasteiger partial charge in [0.15, 0.2) is 0 Å². The molecule has 1 saturated heterocycles. The van der Waals surface area contributed by atoms with Crippen molar-refractivity contribution in [2.24, 2.45) is 5.92 Å². The van der Waals surface area contributed by atoms with Crippen LogP contribution < -0.4 is 10.2 Å². The number of rotatable bonds is 8. The molecule has 1 aromatic carbocycles. The van der Waals surface area contributed by atoms with E-state index in [4.69, 9.17) is 0 Å². The maximum atomic E-state index is 12.4. The zero-order valence-corrected chi connectivity index (χ0v) is 14.1. The van der Waals surface area contributed by atoms with Crippen molar-refractivity contribution < 1.29 is 4.79 Å². The molecule has 1 amide bonds. The first-order valence-corrected chi connectivity index (χ1v) is 8.85. The van der Waals surface area contributed by atoms with Gasteiger partial charge in [-0.1, -0.05) is 44.9 Å². The van der Waals surface area contributed by atoms with Gasteiger partial charge in [0.2, 0.25) is 5.91 Å². The maximum Gasteiger partial charge on any atom is 0.223 e. The molecule has 22 heavy (non-hydrogen) atoms. The third kappa shape index (κ3) is 4.49. The van der Waals surface area contributed by atoms with Crippen LogP contribution in [-0.2, 0) is 4.79 Å². The van der Waals surface area contributed by atoms with Gasteiger partial charge in [-0.15, -0.1) is 0 Å². The van der Waals surface area contributed by atoms with Gasteiger partial charge in [-0.3, -0.25) is 4.79 Å². The van der Waals surface area contributed by atoms with Gasteiger partial charge in [0.25, 0.3) is 0 Å². The predicted molar refractivity (Wildman–Crippen MR) is 93.1 cm³/mol. The van der Waals surface area contributed by atoms with Gasteiger partial charge >= 0.3 is 0 Å². The number of carbonyl (C=O) groups excluding carboxylic acids is 1. The molecule has 3 nitrogen and oxygen atoms in total. The zero-order chi connectivity index (χ0) is 15.8. The number of amides is 1. The minimum absolute atomic E-state index is 0.196. The van der Waals surface area contributed by atoms with Crippen molar-refractivity contribution in [1.82, 2.24) is 5.32 Å². The largest absolute Gasteiger partial charge is 0.367 e. The topological polar surface area (TPSA) is 32.3 Å². The molecule has 0 spiro atoms. The summed E-state index contributed by atoms with van der Waals surface area (Å²) in [4.78, 5) is 14.8. The van der Waals surface area contributed by atoms with E-state index >= 15 is 0 Å². The molecular formula is C19H30N2O. The van der Waals surface area contributed by atoms with Crippen LogP contribution in [0.4, 0.5) is 5.69 Å². The van der Waals surface area contributed by atoms with Crippen LogP contribution in [0.3, 0.4) is 0 Å². The minimum atomic E-state index is 0.196. The Labute approximate surface area is 135 Å². The molecule has 2 rings (SSSR count). The van der Waals surface area contributed by atoms with E-state index in [2.05, 4.69) is 54.4 Å². The molecule has 0 radical (unpaired) electrons. The second-order valence-corrected chi connectivity index (χ2v) is 6.34. The average Bonchev–Trinajstić information content (AvgIpc) is 3.02. The Morgan fingerprint density at radius 1 is 1.23 bits per heavy atom. The number of benzene rings is 1. The van der Waals surface area contributed by atoms with Crippen molar-refractivity contribution in [3.63, 3.8) is 0 Å². The Bertz CT molecular complexity index is 440. The van der Waals surface area contributed by atoms with Crippen LogP contribution in [0.2, 0.25) is 0 Å². The van der Waals surface area contributed by atoms with Crippen molar-refractivity contribution in [3.8, 4) is 0 Å². The normalized spacial score (nSPS) is 18.0. The first-order chi connectivity index (χ1) is 10.8. The molecule has 122 valence electrons. The first kappa shape index (κ1) is 16.9. The second-order valence-electron chi connectivity index (χ2n) is 6.34. The summed E-state index contributed by atoms with van der Waals surface area (Å²) >= 11 is 0. The number of para-hydroxylation sites is 1. The van der Waals surface area contributed by atoms with Gasteiger partial charge in [-0.2, -0.15) is 0 Å². The highest BCUT2D eigenvalue weighted by atomic mass is 16.1. The third-order valence-electron chi connectivity index (χ3n) is 4.62. The van der Waals surface area contributed by atoms with Gasteiger partial charge in [0, 0.05) is 30.7 Å². The smallest absolute Gasteiger partial charge is 0.223 e. The van der Waals surface area contributed by atoms with E-state index in [-0.39, 0.29) is 11.8 Å². The van der Waals surface area contributed by atoms with E-state index in [9.17, 15) is 4.79 Å². The van der Waals surface area contributed by atoms with E-state index in [1.807, 2.05) is 0 Å². The number of hydrogen-bond donors (Lipinski definition) is 1. The molecule has 1 aliphatic rings. The Morgan fingerprint density at radius 2 is 1.91 bits per heavy atom. The standard InChI is InChI=1S/C19H30N2O/c1-3-9-16(10-4-2)19(22)20-15-18-13-8-14-21(18)17-11-6-5-7-12-17/h5-7,11-12,16,18H,3-4,8-10,13-15H2,1-2H3,(H,20,22). The fourth-order valence-corrected chi connectivity index (χ4v) is 3.47. The van der Waals surface area contributed by atoms with Gasteiger partial charge < -0.3 is 10.2 Å². The molecule has 0 aliphatic carbocycles. The van der Waals surface area contributed by atoms with E-state index in [0.29, 0.717) is 6.04 Å². The lowest BCUT2D eigenvalue weighted by Crippen LogP contribution is -2.42. The minimum Gasteiger partial charge on any atom is -0.367 e. The SMILES string of the molecule is CCCC(CCC)C(=O)NCC1CCCN1c1ccccc1. The molecule has 0 bridgehead atoms. The summed E-state index contributed by atoms with van der Waals surface area (Å²) in [5.41, 5.74) is 1.28. The highest BCUT2D eigenvalue weighted by Gasteiger charge is 2.26. The molecular weight excluding hydrogens is 272 g/mol. The Hall–Kier alpha value is -1.51. The molecule has 1 unspecified atom stereocenters. The fourth-order valence-electron chi connectivity index (χ4n) is 3.47. The summed E-state index contributed by atoms with van der Waals surface area (Å²) in [6.45, 7) is 6.18. The second kappa shape index (κ2) is 8.82. The van der Waals surface area contributed by atoms with Gasteiger partial charge in [0.1, 0.15) is 0 Å². The van der Waals surface area contributed by atoms with Crippen LogP contribution in [0.5, 0.6) is 0 Å². The van der Waals surface area contributed by atoms with Gasteiger partial charge in [-0.05, 0) is 37.8 Å². The lowest BCUT2D eigenvalue weighted by molar-refractivity contribution is -0.125. The summed E-state index contributed by atoms with van der Waals surface area (Å²) in [6.07, 6.45) is 6.55. The molecule has 1 N–H and O–H groups in total. The van der Waals surface area contributed by atoms with Crippen molar-refractivity contribution in [3.05, 3.63) is 30.3 Å². The molecule has 3 heteroatoms. The lowest BCUT2D eigenvalue weighted by Gasteiger charge is -2.27. The molecule has 1 atom stereocenters. The molecule has 1 aliphatic heterocycles. The van der Waals surface area contributed by atoms with Crippen molar-refractivity contribution in [2.75, 3.05) is 18.0 Å². The molecule has 1 aromatic rings. The lowest BCUT2D eigenvalue weighted by atomic mass is 9.97. The van der Waals surface area contributed by atoms with Gasteiger partial charge in [-0.25, -0.2) is 0 Å². The Kier molecular flexibility index (Phi) is 6.75. The highest BCUT2D eigenvalue weighted by Crippen LogP contribution is 2.25. The number of carbonyl (C=O) groups is 1. The Balaban J connectivity index is 1.88. The molecule has 1 fully saturated rings. The molecule has 0 aromatic heterocycles. The summed E-state index contributed by atoms with van der Waals surface area (Å²) in [7, 11) is 0. The average molecular weight is 302 g/mol. The number of nitrogens with zero attached hydrogens (tertiary/aromatic N) is 1. The summed E-state index contributed by atoms with van der Waals surface area (Å²) in [5, 5.41) is 3.21. The monoisotopic (exact) mass is 302 g/mol. The summed E-state index contributed by atoms with van der Waals surface area (Å²) in [6, 6.07) is 11.0. The number of hydrogen-bond acceptors (Lipinski definition) is 2. The van der Waals surface area contributed by atoms with Gasteiger partial charge in [0.05, 0.1) is 0 Å². The number of nitrogens with one attached hydrogen (secondary N) is 1. The van der Waals surface area contributed by atoms with Crippen molar-refractivity contribution >= 4 is 11.6 Å². The van der Waals surface area contributed by atoms with E-state index < -0.39 is 0 Å². The molecule has 1 heterocycles. The predicted octanol–water partition coefficient (Wildman–Crippen LogP) is 3.99.